The molecule has 2 aromatic rings. The van der Waals surface area contributed by atoms with Crippen LogP contribution in [0.25, 0.3) is 23.2 Å². The predicted octanol–water partition coefficient (Wildman–Crippen LogP) is 2.77. The Morgan fingerprint density at radius 1 is 1.40 bits per heavy atom. The molecule has 0 radical (unpaired) electrons. The summed E-state index contributed by atoms with van der Waals surface area (Å²) in [7, 11) is 0. The van der Waals surface area contributed by atoms with Crippen molar-refractivity contribution in [1.82, 2.24) is 20.2 Å². The number of hydrogen-bond donors (Lipinski definition) is 2. The molecule has 0 saturated heterocycles. The minimum absolute atomic E-state index is 0.0386. The number of nitrogens with zero attached hydrogens (tertiary/aromatic N) is 4. The van der Waals surface area contributed by atoms with Gasteiger partial charge >= 0.3 is 0 Å². The number of aliphatic hydroxyl groups excluding tert-OH is 1. The molecule has 0 bridgehead atoms. The second-order valence-electron chi connectivity index (χ2n) is 8.46. The number of aliphatic hydroxyl groups is 1. The van der Waals surface area contributed by atoms with Gasteiger partial charge in [0.15, 0.2) is 6.80 Å². The lowest BCUT2D eigenvalue weighted by Crippen LogP contribution is -2.38. The van der Waals surface area contributed by atoms with Gasteiger partial charge < -0.3 is 9.84 Å². The van der Waals surface area contributed by atoms with Crippen molar-refractivity contribution in [2.24, 2.45) is 4.99 Å². The number of para-hydroxylation sites is 1. The highest BCUT2D eigenvalue weighted by Gasteiger charge is 2.20. The normalized spacial score (nSPS) is 18.6. The predicted molar refractivity (Wildman–Crippen MR) is 149 cm³/mol. The van der Waals surface area contributed by atoms with Gasteiger partial charge in [0.05, 0.1) is 21.7 Å². The molecule has 1 heterocycles. The number of aliphatic imine (C=N–C) groups is 1. The van der Waals surface area contributed by atoms with Crippen molar-refractivity contribution in [3.63, 3.8) is 0 Å². The fraction of sp³-hybridized carbons (Fsp3) is 0.423. The number of aromatic nitrogens is 2. The van der Waals surface area contributed by atoms with E-state index < -0.39 is 13.0 Å². The van der Waals surface area contributed by atoms with Crippen molar-refractivity contribution in [3.8, 4) is 0 Å². The summed E-state index contributed by atoms with van der Waals surface area (Å²) in [5, 5.41) is 15.8. The first-order valence-electron chi connectivity index (χ1n) is 11.7. The van der Waals surface area contributed by atoms with Crippen LogP contribution in [0.15, 0.2) is 47.7 Å². The number of halogens is 2. The molecular formula is C26H33FIN5O2. The average molecular weight is 593 g/mol. The van der Waals surface area contributed by atoms with Gasteiger partial charge in [0.2, 0.25) is 0 Å². The van der Waals surface area contributed by atoms with E-state index in [9.17, 15) is 9.50 Å². The van der Waals surface area contributed by atoms with Crippen molar-refractivity contribution < 1.29 is 14.2 Å². The van der Waals surface area contributed by atoms with Gasteiger partial charge in [-0.05, 0) is 44.2 Å². The van der Waals surface area contributed by atoms with Crippen molar-refractivity contribution in [2.45, 2.75) is 29.9 Å². The van der Waals surface area contributed by atoms with Gasteiger partial charge in [0.25, 0.3) is 0 Å². The zero-order chi connectivity index (χ0) is 25.3. The summed E-state index contributed by atoms with van der Waals surface area (Å²) in [6.07, 6.45) is 8.94. The van der Waals surface area contributed by atoms with Crippen molar-refractivity contribution in [1.29, 1.82) is 0 Å². The SMILES string of the molecule is C=C(/C=C\C=N/CF)OCCN(CC)CCNC(O)c1cccc2nc3c(nc12)=CC[C@](C)(I)C=3. The van der Waals surface area contributed by atoms with E-state index in [1.807, 2.05) is 18.2 Å². The molecule has 0 spiro atoms. The van der Waals surface area contributed by atoms with Crippen LogP contribution in [0.1, 0.15) is 32.1 Å². The molecule has 3 rings (SSSR count). The van der Waals surface area contributed by atoms with Gasteiger partial charge in [-0.25, -0.2) is 14.4 Å². The molecular weight excluding hydrogens is 560 g/mol. The molecule has 0 fully saturated rings. The monoisotopic (exact) mass is 593 g/mol. The largest absolute Gasteiger partial charge is 0.493 e. The maximum absolute atomic E-state index is 11.9. The highest BCUT2D eigenvalue weighted by atomic mass is 127. The van der Waals surface area contributed by atoms with Crippen LogP contribution in [0, 0.1) is 0 Å². The Kier molecular flexibility index (Phi) is 10.3. The fourth-order valence-electron chi connectivity index (χ4n) is 3.75. The summed E-state index contributed by atoms with van der Waals surface area (Å²) in [5.74, 6) is 0.497. The Hall–Kier alpha value is -2.21. The van der Waals surface area contributed by atoms with Crippen LogP contribution in [0.5, 0.6) is 0 Å². The zero-order valence-corrected chi connectivity index (χ0v) is 22.4. The van der Waals surface area contributed by atoms with E-state index in [1.165, 1.54) is 6.21 Å². The van der Waals surface area contributed by atoms with E-state index in [4.69, 9.17) is 14.7 Å². The number of benzene rings is 1. The second-order valence-corrected chi connectivity index (χ2v) is 10.9. The van der Waals surface area contributed by atoms with Crippen LogP contribution in [-0.2, 0) is 4.74 Å². The van der Waals surface area contributed by atoms with Crippen LogP contribution in [-0.4, -0.2) is 69.2 Å². The molecule has 188 valence electrons. The Balaban J connectivity index is 1.55. The summed E-state index contributed by atoms with van der Waals surface area (Å²) in [4.78, 5) is 15.3. The first-order valence-corrected chi connectivity index (χ1v) is 12.8. The first-order chi connectivity index (χ1) is 16.8. The number of alkyl halides is 2. The number of likely N-dealkylation sites (N-methyl/N-ethyl adjacent to an activating group) is 1. The topological polar surface area (TPSA) is 82.9 Å². The maximum Gasteiger partial charge on any atom is 0.179 e. The molecule has 0 saturated carbocycles. The van der Waals surface area contributed by atoms with Crippen LogP contribution >= 0.6 is 22.6 Å². The van der Waals surface area contributed by atoms with Gasteiger partial charge in [0.1, 0.15) is 18.6 Å². The lowest BCUT2D eigenvalue weighted by Gasteiger charge is -2.22. The van der Waals surface area contributed by atoms with E-state index in [1.54, 1.807) is 12.2 Å². The van der Waals surface area contributed by atoms with Gasteiger partial charge in [-0.3, -0.25) is 15.2 Å². The Bertz CT molecular complexity index is 1200. The highest BCUT2D eigenvalue weighted by Crippen LogP contribution is 2.26. The van der Waals surface area contributed by atoms with Crippen molar-refractivity contribution in [3.05, 3.63) is 59.0 Å². The van der Waals surface area contributed by atoms with Crippen LogP contribution < -0.4 is 16.0 Å². The van der Waals surface area contributed by atoms with Gasteiger partial charge in [0, 0.05) is 34.8 Å². The lowest BCUT2D eigenvalue weighted by molar-refractivity contribution is 0.127. The van der Waals surface area contributed by atoms with E-state index in [0.29, 0.717) is 25.5 Å². The summed E-state index contributed by atoms with van der Waals surface area (Å²) in [6, 6.07) is 5.72. The molecule has 2 N–H and O–H groups in total. The molecule has 1 aliphatic carbocycles. The summed E-state index contributed by atoms with van der Waals surface area (Å²) < 4.78 is 17.6. The molecule has 1 aliphatic rings. The van der Waals surface area contributed by atoms with Crippen LogP contribution in [0.4, 0.5) is 4.39 Å². The second kappa shape index (κ2) is 13.2. The van der Waals surface area contributed by atoms with E-state index >= 15 is 0 Å². The Labute approximate surface area is 219 Å². The minimum atomic E-state index is -0.848. The third-order valence-corrected chi connectivity index (χ3v) is 6.41. The maximum atomic E-state index is 11.9. The molecule has 1 aromatic carbocycles. The van der Waals surface area contributed by atoms with E-state index in [-0.39, 0.29) is 3.42 Å². The molecule has 1 aromatic heterocycles. The Morgan fingerprint density at radius 3 is 3.00 bits per heavy atom. The quantitative estimate of drug-likeness (QED) is 0.0708. The average Bonchev–Trinajstić information content (AvgIpc) is 2.83. The molecule has 1 unspecified atom stereocenters. The molecule has 0 amide bonds. The van der Waals surface area contributed by atoms with Gasteiger partial charge in [-0.15, -0.1) is 0 Å². The van der Waals surface area contributed by atoms with E-state index in [2.05, 4.69) is 70.4 Å². The summed E-state index contributed by atoms with van der Waals surface area (Å²) in [5.41, 5.74) is 2.22. The minimum Gasteiger partial charge on any atom is -0.493 e. The molecule has 9 heteroatoms. The molecule has 0 aliphatic heterocycles. The fourth-order valence-corrected chi connectivity index (χ4v) is 4.26. The number of allylic oxidation sites excluding steroid dienone is 2. The summed E-state index contributed by atoms with van der Waals surface area (Å²) in [6.45, 7) is 10.7. The third-order valence-electron chi connectivity index (χ3n) is 5.66. The standard InChI is InChI=1S/C26H33FIN5O2/c1-4-33(15-16-35-19(2)7-6-12-29-18-27)14-13-30-25(34)20-8-5-9-22-24(20)32-21-10-11-26(3,28)17-23(21)31-22/h5-10,12,17,25,30,34H,2,4,11,13-16,18H2,1,3H3/b7-6-,29-12-/t25?,26-/m0/s1. The lowest BCUT2D eigenvalue weighted by atomic mass is 10.0. The number of fused-ring (bicyclic) bond motifs is 2. The number of ether oxygens (including phenoxy) is 1. The van der Waals surface area contributed by atoms with E-state index in [0.717, 1.165) is 46.8 Å². The van der Waals surface area contributed by atoms with Crippen molar-refractivity contribution in [2.75, 3.05) is 39.6 Å². The summed E-state index contributed by atoms with van der Waals surface area (Å²) >= 11 is 2.43. The van der Waals surface area contributed by atoms with Crippen molar-refractivity contribution >= 4 is 52.0 Å². The zero-order valence-electron chi connectivity index (χ0n) is 20.3. The first kappa shape index (κ1) is 27.4. The van der Waals surface area contributed by atoms with Crippen LogP contribution in [0.2, 0.25) is 0 Å². The van der Waals surface area contributed by atoms with Gasteiger partial charge in [-0.2, -0.15) is 0 Å². The smallest absolute Gasteiger partial charge is 0.179 e. The van der Waals surface area contributed by atoms with Crippen LogP contribution in [0.3, 0.4) is 0 Å². The Morgan fingerprint density at radius 2 is 2.23 bits per heavy atom. The molecule has 2 atom stereocenters. The molecule has 7 nitrogen and oxygen atoms in total. The third kappa shape index (κ3) is 8.16. The number of nitrogens with one attached hydrogen (secondary N) is 1. The molecule has 35 heavy (non-hydrogen) atoms. The number of hydrogen-bond acceptors (Lipinski definition) is 7. The number of rotatable bonds is 13. The highest BCUT2D eigenvalue weighted by molar-refractivity contribution is 14.1. The van der Waals surface area contributed by atoms with Gasteiger partial charge in [-0.1, -0.05) is 54.3 Å².